The zero-order valence-corrected chi connectivity index (χ0v) is 11.8. The number of pyridine rings is 1. The minimum absolute atomic E-state index is 0.272. The van der Waals surface area contributed by atoms with Crippen LogP contribution in [0.1, 0.15) is 19.7 Å². The zero-order valence-electron chi connectivity index (χ0n) is 11.0. The predicted octanol–water partition coefficient (Wildman–Crippen LogP) is 1.22. The van der Waals surface area contributed by atoms with E-state index >= 15 is 0 Å². The third-order valence-electron chi connectivity index (χ3n) is 2.51. The fourth-order valence-electron chi connectivity index (χ4n) is 1.68. The van der Waals surface area contributed by atoms with Crippen LogP contribution in [0.5, 0.6) is 0 Å². The molecule has 0 saturated carbocycles. The van der Waals surface area contributed by atoms with Crippen molar-refractivity contribution in [1.29, 1.82) is 0 Å². The van der Waals surface area contributed by atoms with E-state index in [2.05, 4.69) is 28.9 Å². The van der Waals surface area contributed by atoms with Gasteiger partial charge in [0.25, 0.3) is 0 Å². The van der Waals surface area contributed by atoms with E-state index in [1.807, 2.05) is 0 Å². The van der Waals surface area contributed by atoms with E-state index in [4.69, 9.17) is 5.73 Å². The average Bonchev–Trinajstić information content (AvgIpc) is 2.76. The van der Waals surface area contributed by atoms with Gasteiger partial charge in [0.15, 0.2) is 5.03 Å². The monoisotopic (exact) mass is 279 g/mol. The van der Waals surface area contributed by atoms with Gasteiger partial charge in [-0.05, 0) is 18.1 Å². The Balaban J connectivity index is 2.16. The summed E-state index contributed by atoms with van der Waals surface area (Å²) in [6, 6.07) is 3.41. The normalized spacial score (nSPS) is 12.8. The van der Waals surface area contributed by atoms with E-state index in [0.29, 0.717) is 22.5 Å². The van der Waals surface area contributed by atoms with Gasteiger partial charge in [0.1, 0.15) is 12.2 Å². The van der Waals surface area contributed by atoms with E-state index in [1.54, 1.807) is 23.0 Å². The molecule has 2 N–H and O–H groups in total. The topological polar surface area (TPSA) is 86.7 Å². The summed E-state index contributed by atoms with van der Waals surface area (Å²) < 4.78 is 14.0. The summed E-state index contributed by atoms with van der Waals surface area (Å²) in [6.07, 6.45) is 3.07. The molecule has 0 saturated heterocycles. The van der Waals surface area contributed by atoms with Crippen LogP contribution in [0.4, 0.5) is 5.69 Å². The summed E-state index contributed by atoms with van der Waals surface area (Å²) in [5, 5.41) is 4.55. The predicted molar refractivity (Wildman–Crippen MR) is 73.6 cm³/mol. The zero-order chi connectivity index (χ0) is 13.8. The highest BCUT2D eigenvalue weighted by Gasteiger charge is 2.14. The molecule has 1 unspecified atom stereocenters. The minimum atomic E-state index is -1.31. The first-order valence-corrected chi connectivity index (χ1v) is 7.35. The lowest BCUT2D eigenvalue weighted by molar-refractivity contribution is 0.471. The number of nitrogens with two attached hydrogens (primary N) is 1. The van der Waals surface area contributed by atoms with Crippen molar-refractivity contribution in [2.75, 3.05) is 5.73 Å². The van der Waals surface area contributed by atoms with Crippen LogP contribution in [0.3, 0.4) is 0 Å². The summed E-state index contributed by atoms with van der Waals surface area (Å²) in [5.41, 5.74) is 6.21. The molecule has 6 nitrogen and oxygen atoms in total. The van der Waals surface area contributed by atoms with Crippen LogP contribution < -0.4 is 5.73 Å². The molecule has 2 aromatic rings. The molecule has 1 atom stereocenters. The third kappa shape index (κ3) is 3.37. The standard InChI is InChI=1S/C12H17N5OS/c1-9(2)6-17-11(15-8-16-17)7-19(18)12-10(13)4-3-5-14-12/h3-5,8-9H,6-7,13H2,1-2H3. The lowest BCUT2D eigenvalue weighted by Gasteiger charge is -2.08. The Morgan fingerprint density at radius 2 is 2.21 bits per heavy atom. The van der Waals surface area contributed by atoms with Crippen LogP contribution in [0.25, 0.3) is 0 Å². The van der Waals surface area contributed by atoms with Crippen molar-refractivity contribution in [3.05, 3.63) is 30.5 Å². The Bertz CT molecular complexity index is 581. The smallest absolute Gasteiger partial charge is 0.150 e. The Labute approximate surface area is 114 Å². The van der Waals surface area contributed by atoms with E-state index < -0.39 is 10.8 Å². The summed E-state index contributed by atoms with van der Waals surface area (Å²) in [7, 11) is -1.31. The summed E-state index contributed by atoms with van der Waals surface area (Å²) in [6.45, 7) is 4.95. The molecule has 102 valence electrons. The Hall–Kier alpha value is -1.76. The number of nitrogens with zero attached hydrogens (tertiary/aromatic N) is 4. The maximum Gasteiger partial charge on any atom is 0.150 e. The molecular formula is C12H17N5OS. The largest absolute Gasteiger partial charge is 0.396 e. The number of rotatable bonds is 5. The quantitative estimate of drug-likeness (QED) is 0.889. The molecule has 7 heteroatoms. The van der Waals surface area contributed by atoms with Crippen molar-refractivity contribution in [2.45, 2.75) is 31.2 Å². The van der Waals surface area contributed by atoms with Gasteiger partial charge in [-0.3, -0.25) is 4.21 Å². The molecule has 0 aliphatic rings. The van der Waals surface area contributed by atoms with Crippen LogP contribution in [-0.4, -0.2) is 24.0 Å². The van der Waals surface area contributed by atoms with E-state index in [9.17, 15) is 4.21 Å². The van der Waals surface area contributed by atoms with E-state index in [0.717, 1.165) is 6.54 Å². The fraction of sp³-hybridized carbons (Fsp3) is 0.417. The molecule has 0 aromatic carbocycles. The van der Waals surface area contributed by atoms with Crippen molar-refractivity contribution in [3.63, 3.8) is 0 Å². The SMILES string of the molecule is CC(C)Cn1ncnc1CS(=O)c1ncccc1N. The van der Waals surface area contributed by atoms with E-state index in [-0.39, 0.29) is 5.75 Å². The third-order valence-corrected chi connectivity index (χ3v) is 3.80. The first-order valence-electron chi connectivity index (χ1n) is 6.03. The number of hydrogen-bond donors (Lipinski definition) is 1. The summed E-state index contributed by atoms with van der Waals surface area (Å²) in [5.74, 6) is 1.42. The number of nitrogen functional groups attached to an aromatic ring is 1. The van der Waals surface area contributed by atoms with Gasteiger partial charge in [-0.25, -0.2) is 14.6 Å². The van der Waals surface area contributed by atoms with Crippen LogP contribution in [-0.2, 0) is 23.1 Å². The molecule has 0 aliphatic heterocycles. The number of aromatic nitrogens is 4. The maximum atomic E-state index is 12.3. The van der Waals surface area contributed by atoms with Crippen molar-refractivity contribution >= 4 is 16.5 Å². The van der Waals surface area contributed by atoms with Crippen LogP contribution >= 0.6 is 0 Å². The highest BCUT2D eigenvalue weighted by Crippen LogP contribution is 2.15. The van der Waals surface area contributed by atoms with Gasteiger partial charge >= 0.3 is 0 Å². The van der Waals surface area contributed by atoms with Crippen LogP contribution in [0.2, 0.25) is 0 Å². The first-order chi connectivity index (χ1) is 9.08. The van der Waals surface area contributed by atoms with Gasteiger partial charge < -0.3 is 5.73 Å². The highest BCUT2D eigenvalue weighted by atomic mass is 32.2. The van der Waals surface area contributed by atoms with Crippen molar-refractivity contribution in [3.8, 4) is 0 Å². The summed E-state index contributed by atoms with van der Waals surface area (Å²) >= 11 is 0. The van der Waals surface area contributed by atoms with Gasteiger partial charge in [0.05, 0.1) is 22.2 Å². The van der Waals surface area contributed by atoms with Gasteiger partial charge in [0.2, 0.25) is 0 Å². The molecule has 19 heavy (non-hydrogen) atoms. The molecule has 0 bridgehead atoms. The highest BCUT2D eigenvalue weighted by molar-refractivity contribution is 7.84. The lowest BCUT2D eigenvalue weighted by atomic mass is 10.2. The van der Waals surface area contributed by atoms with E-state index in [1.165, 1.54) is 6.33 Å². The Kier molecular flexibility index (Phi) is 4.26. The Morgan fingerprint density at radius 3 is 2.89 bits per heavy atom. The van der Waals surface area contributed by atoms with Crippen LogP contribution in [0.15, 0.2) is 29.7 Å². The molecule has 2 rings (SSSR count). The molecule has 0 fully saturated rings. The van der Waals surface area contributed by atoms with Crippen molar-refractivity contribution in [1.82, 2.24) is 19.7 Å². The molecule has 0 radical (unpaired) electrons. The second kappa shape index (κ2) is 5.92. The summed E-state index contributed by atoms with van der Waals surface area (Å²) in [4.78, 5) is 8.22. The minimum Gasteiger partial charge on any atom is -0.396 e. The van der Waals surface area contributed by atoms with Crippen molar-refractivity contribution < 1.29 is 4.21 Å². The molecule has 0 aliphatic carbocycles. The molecule has 0 spiro atoms. The fourth-order valence-corrected chi connectivity index (χ4v) is 2.78. The first kappa shape index (κ1) is 13.7. The number of hydrogen-bond acceptors (Lipinski definition) is 5. The average molecular weight is 279 g/mol. The molecule has 2 aromatic heterocycles. The molecule has 2 heterocycles. The second-order valence-electron chi connectivity index (χ2n) is 4.64. The van der Waals surface area contributed by atoms with Gasteiger partial charge in [-0.2, -0.15) is 5.10 Å². The van der Waals surface area contributed by atoms with Crippen molar-refractivity contribution in [2.24, 2.45) is 5.92 Å². The van der Waals surface area contributed by atoms with Gasteiger partial charge in [0, 0.05) is 12.7 Å². The van der Waals surface area contributed by atoms with Gasteiger partial charge in [-0.1, -0.05) is 13.8 Å². The molecular weight excluding hydrogens is 262 g/mol. The maximum absolute atomic E-state index is 12.3. The Morgan fingerprint density at radius 1 is 1.42 bits per heavy atom. The molecule has 0 amide bonds. The lowest BCUT2D eigenvalue weighted by Crippen LogP contribution is -2.13. The second-order valence-corrected chi connectivity index (χ2v) is 6.01. The van der Waals surface area contributed by atoms with Crippen LogP contribution in [0, 0.1) is 5.92 Å². The van der Waals surface area contributed by atoms with Gasteiger partial charge in [-0.15, -0.1) is 0 Å². The number of anilines is 1.